The van der Waals surface area contributed by atoms with Crippen molar-refractivity contribution in [1.29, 1.82) is 0 Å². The summed E-state index contributed by atoms with van der Waals surface area (Å²) in [5.41, 5.74) is 0.0478. The Morgan fingerprint density at radius 2 is 1.23 bits per heavy atom. The van der Waals surface area contributed by atoms with Crippen molar-refractivity contribution in [1.82, 2.24) is 9.97 Å². The molecule has 0 atom stereocenters. The van der Waals surface area contributed by atoms with E-state index in [9.17, 15) is 9.59 Å². The number of hydrogen-bond donors (Lipinski definition) is 2. The van der Waals surface area contributed by atoms with Crippen molar-refractivity contribution in [2.45, 2.75) is 0 Å². The number of fused-ring (bicyclic) bond motifs is 1. The van der Waals surface area contributed by atoms with E-state index < -0.39 is 11.1 Å². The second-order valence-electron chi connectivity index (χ2n) is 2.45. The molecule has 4 nitrogen and oxygen atoms in total. The van der Waals surface area contributed by atoms with Crippen LogP contribution in [0.2, 0.25) is 0 Å². The van der Waals surface area contributed by atoms with Crippen LogP contribution in [0.15, 0.2) is 33.9 Å². The molecule has 0 spiro atoms. The van der Waals surface area contributed by atoms with E-state index in [1.165, 1.54) is 0 Å². The number of aromatic nitrogens is 2. The van der Waals surface area contributed by atoms with Crippen LogP contribution in [0.3, 0.4) is 0 Å². The number of para-hydroxylation sites is 2. The predicted octanol–water partition coefficient (Wildman–Crippen LogP) is 0.638. The summed E-state index contributed by atoms with van der Waals surface area (Å²) in [6, 6.07) is 7.03. The van der Waals surface area contributed by atoms with Crippen LogP contribution in [0.25, 0.3) is 11.0 Å². The van der Waals surface area contributed by atoms with Crippen LogP contribution in [0, 0.1) is 0 Å². The summed E-state index contributed by atoms with van der Waals surface area (Å²) in [6.45, 7) is 0. The van der Waals surface area contributed by atoms with Gasteiger partial charge >= 0.3 is 11.1 Å². The number of halogens is 1. The normalized spacial score (nSPS) is 9.54. The average Bonchev–Trinajstić information content (AvgIpc) is 2.07. The molecule has 0 aliphatic carbocycles. The summed E-state index contributed by atoms with van der Waals surface area (Å²) >= 11 is 0. The van der Waals surface area contributed by atoms with Gasteiger partial charge in [0, 0.05) is 0 Å². The molecule has 1 heterocycles. The molecule has 1 aromatic carbocycles. The van der Waals surface area contributed by atoms with Crippen LogP contribution in [-0.4, -0.2) is 9.97 Å². The van der Waals surface area contributed by atoms with Crippen molar-refractivity contribution in [3.05, 3.63) is 45.0 Å². The third-order valence-corrected chi connectivity index (χ3v) is 1.63. The van der Waals surface area contributed by atoms with Crippen LogP contribution in [-0.2, 0) is 0 Å². The molecule has 68 valence electrons. The summed E-state index contributed by atoms with van der Waals surface area (Å²) in [7, 11) is 0. The summed E-state index contributed by atoms with van der Waals surface area (Å²) < 4.78 is 0. The van der Waals surface area contributed by atoms with Gasteiger partial charge in [0.2, 0.25) is 0 Å². The van der Waals surface area contributed by atoms with Gasteiger partial charge in [-0.2, -0.15) is 0 Å². The van der Waals surface area contributed by atoms with Gasteiger partial charge in [0.15, 0.2) is 0 Å². The van der Waals surface area contributed by atoms with Crippen LogP contribution in [0.5, 0.6) is 0 Å². The number of benzene rings is 1. The van der Waals surface area contributed by atoms with Gasteiger partial charge in [-0.05, 0) is 12.1 Å². The zero-order chi connectivity index (χ0) is 8.55. The summed E-state index contributed by atoms with van der Waals surface area (Å²) in [5, 5.41) is 0. The van der Waals surface area contributed by atoms with Crippen LogP contribution >= 0.6 is 12.4 Å². The Balaban J connectivity index is 0.000000845. The molecule has 2 N–H and O–H groups in total. The fourth-order valence-electron chi connectivity index (χ4n) is 1.06. The van der Waals surface area contributed by atoms with E-state index in [1.54, 1.807) is 24.3 Å². The van der Waals surface area contributed by atoms with Crippen LogP contribution in [0.4, 0.5) is 0 Å². The Kier molecular flexibility index (Phi) is 2.53. The Morgan fingerprint density at radius 1 is 0.846 bits per heavy atom. The lowest BCUT2D eigenvalue weighted by molar-refractivity contribution is 1.15. The van der Waals surface area contributed by atoms with Gasteiger partial charge in [-0.15, -0.1) is 12.4 Å². The molecule has 1 aromatic heterocycles. The minimum atomic E-state index is -0.617. The van der Waals surface area contributed by atoms with Crippen molar-refractivity contribution in [2.24, 2.45) is 0 Å². The highest BCUT2D eigenvalue weighted by molar-refractivity contribution is 5.85. The zero-order valence-corrected chi connectivity index (χ0v) is 7.35. The Hall–Kier alpha value is -1.55. The highest BCUT2D eigenvalue weighted by Crippen LogP contribution is 2.01. The molecule has 0 fully saturated rings. The van der Waals surface area contributed by atoms with E-state index in [2.05, 4.69) is 9.97 Å². The molecule has 0 radical (unpaired) electrons. The van der Waals surface area contributed by atoms with Crippen molar-refractivity contribution >= 4 is 23.4 Å². The molecule has 0 aliphatic heterocycles. The first-order valence-electron chi connectivity index (χ1n) is 3.49. The number of hydrogen-bond acceptors (Lipinski definition) is 2. The van der Waals surface area contributed by atoms with E-state index in [0.717, 1.165) is 0 Å². The van der Waals surface area contributed by atoms with Crippen molar-refractivity contribution < 1.29 is 0 Å². The lowest BCUT2D eigenvalue weighted by Crippen LogP contribution is -2.28. The smallest absolute Gasteiger partial charge is 0.314 e. The molecule has 0 bridgehead atoms. The van der Waals surface area contributed by atoms with Gasteiger partial charge in [0.05, 0.1) is 11.0 Å². The lowest BCUT2D eigenvalue weighted by Gasteiger charge is -1.93. The summed E-state index contributed by atoms with van der Waals surface area (Å²) in [5.74, 6) is 0. The number of nitrogens with one attached hydrogen (secondary N) is 2. The number of H-pyrrole nitrogens is 2. The van der Waals surface area contributed by atoms with Gasteiger partial charge in [0.1, 0.15) is 0 Å². The third-order valence-electron chi connectivity index (χ3n) is 1.63. The van der Waals surface area contributed by atoms with E-state index in [0.29, 0.717) is 11.0 Å². The zero-order valence-electron chi connectivity index (χ0n) is 6.53. The van der Waals surface area contributed by atoms with Gasteiger partial charge in [-0.3, -0.25) is 9.59 Å². The van der Waals surface area contributed by atoms with Gasteiger partial charge in [0.25, 0.3) is 0 Å². The SMILES string of the molecule is Cl.O=c1[nH]c2ccccc2[nH]c1=O. The van der Waals surface area contributed by atoms with Gasteiger partial charge in [-0.25, -0.2) is 0 Å². The van der Waals surface area contributed by atoms with Gasteiger partial charge in [-0.1, -0.05) is 12.1 Å². The molecule has 0 unspecified atom stereocenters. The quantitative estimate of drug-likeness (QED) is 0.610. The molecular formula is C8H7ClN2O2. The maximum Gasteiger partial charge on any atom is 0.314 e. The molecule has 2 rings (SSSR count). The van der Waals surface area contributed by atoms with E-state index in [-0.39, 0.29) is 12.4 Å². The third kappa shape index (κ3) is 1.62. The fourth-order valence-corrected chi connectivity index (χ4v) is 1.06. The Labute approximate surface area is 79.0 Å². The second kappa shape index (κ2) is 3.45. The summed E-state index contributed by atoms with van der Waals surface area (Å²) in [6.07, 6.45) is 0. The Bertz CT molecular complexity index is 481. The molecule has 0 aliphatic rings. The molecular weight excluding hydrogens is 192 g/mol. The molecule has 0 saturated carbocycles. The largest absolute Gasteiger partial charge is 0.316 e. The van der Waals surface area contributed by atoms with E-state index >= 15 is 0 Å². The highest BCUT2D eigenvalue weighted by atomic mass is 35.5. The van der Waals surface area contributed by atoms with E-state index in [4.69, 9.17) is 0 Å². The fraction of sp³-hybridized carbons (Fsp3) is 0. The topological polar surface area (TPSA) is 65.7 Å². The first-order chi connectivity index (χ1) is 5.77. The monoisotopic (exact) mass is 198 g/mol. The summed E-state index contributed by atoms with van der Waals surface area (Å²) in [4.78, 5) is 26.6. The van der Waals surface area contributed by atoms with Crippen molar-refractivity contribution in [2.75, 3.05) is 0 Å². The molecule has 0 saturated heterocycles. The molecule has 0 amide bonds. The molecule has 13 heavy (non-hydrogen) atoms. The Morgan fingerprint density at radius 3 is 1.62 bits per heavy atom. The number of aromatic amines is 2. The van der Waals surface area contributed by atoms with Crippen LogP contribution < -0.4 is 11.1 Å². The first kappa shape index (κ1) is 9.54. The first-order valence-corrected chi connectivity index (χ1v) is 3.49. The predicted molar refractivity (Wildman–Crippen MR) is 52.4 cm³/mol. The maximum atomic E-state index is 10.8. The lowest BCUT2D eigenvalue weighted by atomic mass is 10.3. The standard InChI is InChI=1S/C8H6N2O2.ClH/c11-7-8(12)10-6-4-2-1-3-5(6)9-7;/h1-4H,(H,9,11)(H,10,12);1H. The second-order valence-corrected chi connectivity index (χ2v) is 2.45. The van der Waals surface area contributed by atoms with Crippen LogP contribution in [0.1, 0.15) is 0 Å². The van der Waals surface area contributed by atoms with E-state index in [1.807, 2.05) is 0 Å². The van der Waals surface area contributed by atoms with Gasteiger partial charge < -0.3 is 9.97 Å². The number of rotatable bonds is 0. The molecule has 5 heteroatoms. The minimum Gasteiger partial charge on any atom is -0.316 e. The minimum absolute atomic E-state index is 0. The highest BCUT2D eigenvalue weighted by Gasteiger charge is 1.95. The van der Waals surface area contributed by atoms with Crippen molar-refractivity contribution in [3.63, 3.8) is 0 Å². The molecule has 2 aromatic rings. The average molecular weight is 199 g/mol. The van der Waals surface area contributed by atoms with Crippen molar-refractivity contribution in [3.8, 4) is 0 Å². The maximum absolute atomic E-state index is 10.8.